The lowest BCUT2D eigenvalue weighted by molar-refractivity contribution is 0.114. The Balaban J connectivity index is 2.51. The maximum absolute atomic E-state index is 11.9. The summed E-state index contributed by atoms with van der Waals surface area (Å²) in [5.74, 6) is 5.90. The summed E-state index contributed by atoms with van der Waals surface area (Å²) in [5, 5.41) is 0. The molecule has 0 aromatic carbocycles. The average Bonchev–Trinajstić information content (AvgIpc) is 2.38. The van der Waals surface area contributed by atoms with Crippen LogP contribution in [0, 0.1) is 5.92 Å². The van der Waals surface area contributed by atoms with Crippen LogP contribution in [0.25, 0.3) is 0 Å². The van der Waals surface area contributed by atoms with Gasteiger partial charge in [0.05, 0.1) is 11.5 Å². The van der Waals surface area contributed by atoms with Crippen LogP contribution >= 0.6 is 0 Å². The van der Waals surface area contributed by atoms with Crippen molar-refractivity contribution < 1.29 is 13.2 Å². The molecule has 0 saturated heterocycles. The molecule has 0 unspecified atom stereocenters. The zero-order chi connectivity index (χ0) is 14.3. The minimum atomic E-state index is -3.56. The molecule has 0 fully saturated rings. The van der Waals surface area contributed by atoms with E-state index in [0.29, 0.717) is 24.9 Å². The minimum absolute atomic E-state index is 0.110. The van der Waals surface area contributed by atoms with E-state index >= 15 is 0 Å². The van der Waals surface area contributed by atoms with Gasteiger partial charge in [0.15, 0.2) is 0 Å². The van der Waals surface area contributed by atoms with Crippen LogP contribution in [-0.4, -0.2) is 33.2 Å². The highest BCUT2D eigenvalue weighted by molar-refractivity contribution is 7.89. The number of hydrogen-bond acceptors (Lipinski definition) is 6. The number of rotatable bonds is 8. The van der Waals surface area contributed by atoms with Crippen molar-refractivity contribution in [2.75, 3.05) is 25.2 Å². The summed E-state index contributed by atoms with van der Waals surface area (Å²) < 4.78 is 31.6. The molecule has 0 aliphatic carbocycles. The Labute approximate surface area is 113 Å². The van der Waals surface area contributed by atoms with Crippen LogP contribution in [0.3, 0.4) is 0 Å². The molecule has 1 heterocycles. The van der Waals surface area contributed by atoms with Crippen LogP contribution in [0.15, 0.2) is 23.2 Å². The summed E-state index contributed by atoms with van der Waals surface area (Å²) in [5.41, 5.74) is 2.30. The van der Waals surface area contributed by atoms with Crippen LogP contribution in [-0.2, 0) is 14.8 Å². The number of sulfonamides is 1. The number of nitrogens with one attached hydrogen (secondary N) is 2. The highest BCUT2D eigenvalue weighted by Crippen LogP contribution is 2.11. The van der Waals surface area contributed by atoms with E-state index in [1.165, 1.54) is 18.3 Å². The van der Waals surface area contributed by atoms with Crippen molar-refractivity contribution in [1.29, 1.82) is 0 Å². The molecule has 19 heavy (non-hydrogen) atoms. The normalized spacial score (nSPS) is 11.8. The number of pyridine rings is 1. The fourth-order valence-electron chi connectivity index (χ4n) is 1.31. The average molecular weight is 288 g/mol. The van der Waals surface area contributed by atoms with Crippen molar-refractivity contribution in [3.05, 3.63) is 18.3 Å². The first-order chi connectivity index (χ1) is 8.95. The van der Waals surface area contributed by atoms with Gasteiger partial charge in [0.25, 0.3) is 0 Å². The molecular formula is C11H20N4O3S. The molecule has 7 nitrogen and oxygen atoms in total. The van der Waals surface area contributed by atoms with Crippen molar-refractivity contribution in [3.63, 3.8) is 0 Å². The molecular weight excluding hydrogens is 268 g/mol. The second-order valence-electron chi connectivity index (χ2n) is 4.39. The highest BCUT2D eigenvalue weighted by Gasteiger charge is 2.13. The highest BCUT2D eigenvalue weighted by atomic mass is 32.2. The van der Waals surface area contributed by atoms with Crippen molar-refractivity contribution in [1.82, 2.24) is 9.71 Å². The third kappa shape index (κ3) is 5.52. The van der Waals surface area contributed by atoms with E-state index in [1.54, 1.807) is 0 Å². The van der Waals surface area contributed by atoms with Gasteiger partial charge in [-0.05, 0) is 12.0 Å². The summed E-state index contributed by atoms with van der Waals surface area (Å²) in [6.45, 7) is 5.23. The Morgan fingerprint density at radius 2 is 2.21 bits per heavy atom. The molecule has 108 valence electrons. The van der Waals surface area contributed by atoms with Gasteiger partial charge in [-0.3, -0.25) is 0 Å². The SMILES string of the molecule is CC(C)COCCNS(=O)(=O)c1ccnc(NN)c1. The van der Waals surface area contributed by atoms with E-state index < -0.39 is 10.0 Å². The summed E-state index contributed by atoms with van der Waals surface area (Å²) in [6.07, 6.45) is 1.37. The van der Waals surface area contributed by atoms with Gasteiger partial charge in [0.1, 0.15) is 5.82 Å². The predicted molar refractivity (Wildman–Crippen MR) is 72.9 cm³/mol. The predicted octanol–water partition coefficient (Wildman–Crippen LogP) is 0.318. The van der Waals surface area contributed by atoms with Gasteiger partial charge in [0, 0.05) is 25.4 Å². The second kappa shape index (κ2) is 7.39. The van der Waals surface area contributed by atoms with Gasteiger partial charge in [0.2, 0.25) is 10.0 Å². The monoisotopic (exact) mass is 288 g/mol. The molecule has 0 bridgehead atoms. The molecule has 0 radical (unpaired) electrons. The van der Waals surface area contributed by atoms with Gasteiger partial charge in [-0.2, -0.15) is 0 Å². The molecule has 0 saturated carbocycles. The maximum Gasteiger partial charge on any atom is 0.240 e. The molecule has 4 N–H and O–H groups in total. The fourth-order valence-corrected chi connectivity index (χ4v) is 2.33. The Hall–Kier alpha value is -1.22. The molecule has 0 amide bonds. The molecule has 0 spiro atoms. The Kier molecular flexibility index (Phi) is 6.16. The number of nitrogens with zero attached hydrogens (tertiary/aromatic N) is 1. The number of ether oxygens (including phenoxy) is 1. The number of hydrogen-bond donors (Lipinski definition) is 3. The third-order valence-electron chi connectivity index (χ3n) is 2.18. The summed E-state index contributed by atoms with van der Waals surface area (Å²) in [7, 11) is -3.56. The van der Waals surface area contributed by atoms with Crippen molar-refractivity contribution in [3.8, 4) is 0 Å². The smallest absolute Gasteiger partial charge is 0.240 e. The largest absolute Gasteiger partial charge is 0.380 e. The van der Waals surface area contributed by atoms with E-state index in [9.17, 15) is 8.42 Å². The van der Waals surface area contributed by atoms with Gasteiger partial charge in [-0.15, -0.1) is 0 Å². The number of anilines is 1. The van der Waals surface area contributed by atoms with Gasteiger partial charge >= 0.3 is 0 Å². The van der Waals surface area contributed by atoms with E-state index in [2.05, 4.69) is 15.1 Å². The van der Waals surface area contributed by atoms with E-state index in [0.717, 1.165) is 0 Å². The lowest BCUT2D eigenvalue weighted by Gasteiger charge is -2.09. The summed E-state index contributed by atoms with van der Waals surface area (Å²) in [6, 6.07) is 2.76. The fraction of sp³-hybridized carbons (Fsp3) is 0.545. The lowest BCUT2D eigenvalue weighted by atomic mass is 10.2. The van der Waals surface area contributed by atoms with Crippen LogP contribution in [0.1, 0.15) is 13.8 Å². The zero-order valence-electron chi connectivity index (χ0n) is 11.1. The minimum Gasteiger partial charge on any atom is -0.380 e. The third-order valence-corrected chi connectivity index (χ3v) is 3.64. The number of nitrogen functional groups attached to an aromatic ring is 1. The van der Waals surface area contributed by atoms with Gasteiger partial charge in [-0.1, -0.05) is 13.8 Å². The first-order valence-electron chi connectivity index (χ1n) is 5.96. The molecule has 0 aliphatic rings. The summed E-state index contributed by atoms with van der Waals surface area (Å²) >= 11 is 0. The molecule has 0 aliphatic heterocycles. The van der Waals surface area contributed by atoms with Gasteiger partial charge in [-0.25, -0.2) is 24.0 Å². The summed E-state index contributed by atoms with van der Waals surface area (Å²) in [4.78, 5) is 3.96. The standard InChI is InChI=1S/C11H20N4O3S/c1-9(2)8-18-6-5-14-19(16,17)10-3-4-13-11(7-10)15-12/h3-4,7,9,14H,5-6,8,12H2,1-2H3,(H,13,15). The second-order valence-corrected chi connectivity index (χ2v) is 6.15. The van der Waals surface area contributed by atoms with Crippen LogP contribution in [0.5, 0.6) is 0 Å². The van der Waals surface area contributed by atoms with Crippen molar-refractivity contribution >= 4 is 15.8 Å². The van der Waals surface area contributed by atoms with Crippen molar-refractivity contribution in [2.24, 2.45) is 11.8 Å². The van der Waals surface area contributed by atoms with Crippen LogP contribution < -0.4 is 16.0 Å². The maximum atomic E-state index is 11.9. The molecule has 8 heteroatoms. The van der Waals surface area contributed by atoms with Crippen LogP contribution in [0.2, 0.25) is 0 Å². The quantitative estimate of drug-likeness (QED) is 0.361. The molecule has 1 aromatic heterocycles. The van der Waals surface area contributed by atoms with E-state index in [-0.39, 0.29) is 11.4 Å². The number of hydrazine groups is 1. The topological polar surface area (TPSA) is 106 Å². The Morgan fingerprint density at radius 3 is 2.84 bits per heavy atom. The van der Waals surface area contributed by atoms with Crippen molar-refractivity contribution in [2.45, 2.75) is 18.7 Å². The van der Waals surface area contributed by atoms with Crippen LogP contribution in [0.4, 0.5) is 5.82 Å². The number of nitrogens with two attached hydrogens (primary N) is 1. The first-order valence-corrected chi connectivity index (χ1v) is 7.44. The molecule has 1 aromatic rings. The molecule has 0 atom stereocenters. The Bertz CT molecular complexity index is 490. The zero-order valence-corrected chi connectivity index (χ0v) is 11.9. The first kappa shape index (κ1) is 15.8. The number of aromatic nitrogens is 1. The van der Waals surface area contributed by atoms with E-state index in [4.69, 9.17) is 10.6 Å². The Morgan fingerprint density at radius 1 is 1.47 bits per heavy atom. The molecule has 1 rings (SSSR count). The lowest BCUT2D eigenvalue weighted by Crippen LogP contribution is -2.28. The van der Waals surface area contributed by atoms with Gasteiger partial charge < -0.3 is 10.2 Å². The van der Waals surface area contributed by atoms with E-state index in [1.807, 2.05) is 13.8 Å².